The van der Waals surface area contributed by atoms with Gasteiger partial charge in [-0.15, -0.1) is 0 Å². The Morgan fingerprint density at radius 2 is 1.90 bits per heavy atom. The Balaban J connectivity index is 1.60. The van der Waals surface area contributed by atoms with E-state index in [-0.39, 0.29) is 22.2 Å². The van der Waals surface area contributed by atoms with Gasteiger partial charge in [-0.25, -0.2) is 0 Å². The number of amides is 1. The topological polar surface area (TPSA) is 118 Å². The molecule has 0 saturated heterocycles. The second-order valence-electron chi connectivity index (χ2n) is 5.94. The molecule has 1 amide bonds. The normalized spacial score (nSPS) is 10.7. The molecular formula is C20H14ClN3O5S. The predicted molar refractivity (Wildman–Crippen MR) is 117 cm³/mol. The summed E-state index contributed by atoms with van der Waals surface area (Å²) in [4.78, 5) is 22.2. The number of nitro groups is 1. The Morgan fingerprint density at radius 1 is 1.17 bits per heavy atom. The van der Waals surface area contributed by atoms with Crippen molar-refractivity contribution in [3.05, 3.63) is 81.6 Å². The highest BCUT2D eigenvalue weighted by Gasteiger charge is 2.12. The van der Waals surface area contributed by atoms with Crippen LogP contribution in [0.15, 0.2) is 65.1 Å². The van der Waals surface area contributed by atoms with Crippen molar-refractivity contribution in [2.75, 3.05) is 5.32 Å². The maximum atomic E-state index is 12.0. The van der Waals surface area contributed by atoms with Crippen LogP contribution in [-0.4, -0.2) is 21.0 Å². The van der Waals surface area contributed by atoms with Crippen LogP contribution < -0.4 is 10.6 Å². The molecule has 0 fully saturated rings. The molecular weight excluding hydrogens is 430 g/mol. The van der Waals surface area contributed by atoms with Crippen molar-refractivity contribution in [1.29, 1.82) is 0 Å². The quantitative estimate of drug-likeness (QED) is 0.171. The average Bonchev–Trinajstić information content (AvgIpc) is 3.17. The van der Waals surface area contributed by atoms with Gasteiger partial charge in [-0.3, -0.25) is 20.2 Å². The minimum absolute atomic E-state index is 0.00267. The molecule has 0 atom stereocenters. The van der Waals surface area contributed by atoms with E-state index in [4.69, 9.17) is 28.2 Å². The Labute approximate surface area is 180 Å². The van der Waals surface area contributed by atoms with Crippen LogP contribution in [0.4, 0.5) is 11.4 Å². The number of hydrogen-bond acceptors (Lipinski definition) is 6. The fourth-order valence-corrected chi connectivity index (χ4v) is 2.75. The molecule has 0 saturated carbocycles. The van der Waals surface area contributed by atoms with Gasteiger partial charge in [-0.2, -0.15) is 0 Å². The summed E-state index contributed by atoms with van der Waals surface area (Å²) in [5.74, 6) is 0.260. The molecule has 2 aromatic carbocycles. The molecule has 3 aromatic rings. The molecule has 152 valence electrons. The molecule has 0 aliphatic rings. The number of phenolic OH excluding ortho intramolecular Hbond substituents is 1. The third-order valence-corrected chi connectivity index (χ3v) is 4.29. The number of nitrogens with zero attached hydrogens (tertiary/aromatic N) is 1. The zero-order chi connectivity index (χ0) is 21.7. The van der Waals surface area contributed by atoms with Gasteiger partial charge in [0.05, 0.1) is 10.6 Å². The molecule has 0 aliphatic carbocycles. The van der Waals surface area contributed by atoms with E-state index < -0.39 is 10.8 Å². The number of non-ortho nitro benzene ring substituents is 1. The molecule has 3 rings (SSSR count). The van der Waals surface area contributed by atoms with E-state index >= 15 is 0 Å². The lowest BCUT2D eigenvalue weighted by atomic mass is 10.2. The first kappa shape index (κ1) is 21.0. The number of aromatic hydroxyl groups is 1. The number of furan rings is 1. The highest BCUT2D eigenvalue weighted by molar-refractivity contribution is 7.80. The molecule has 30 heavy (non-hydrogen) atoms. The molecule has 10 heteroatoms. The van der Waals surface area contributed by atoms with Crippen molar-refractivity contribution >= 4 is 52.3 Å². The lowest BCUT2D eigenvalue weighted by molar-refractivity contribution is -0.384. The molecule has 1 aromatic heterocycles. The van der Waals surface area contributed by atoms with E-state index in [0.717, 1.165) is 23.8 Å². The molecule has 0 radical (unpaired) electrons. The summed E-state index contributed by atoms with van der Waals surface area (Å²) in [5, 5.41) is 26.0. The molecule has 0 aliphatic heterocycles. The van der Waals surface area contributed by atoms with E-state index in [1.165, 1.54) is 12.2 Å². The van der Waals surface area contributed by atoms with E-state index in [2.05, 4.69) is 10.6 Å². The van der Waals surface area contributed by atoms with E-state index in [1.54, 1.807) is 24.3 Å². The van der Waals surface area contributed by atoms with Gasteiger partial charge in [-0.05, 0) is 60.8 Å². The van der Waals surface area contributed by atoms with Crippen LogP contribution in [0.3, 0.4) is 0 Å². The van der Waals surface area contributed by atoms with Crippen LogP contribution in [0, 0.1) is 10.1 Å². The number of hydrogen-bond donors (Lipinski definition) is 3. The number of thiocarbonyl (C=S) groups is 1. The third-order valence-electron chi connectivity index (χ3n) is 3.83. The van der Waals surface area contributed by atoms with Gasteiger partial charge in [0.2, 0.25) is 5.91 Å². The van der Waals surface area contributed by atoms with Crippen LogP contribution in [0.1, 0.15) is 5.76 Å². The van der Waals surface area contributed by atoms with Crippen LogP contribution in [0.25, 0.3) is 17.4 Å². The Kier molecular flexibility index (Phi) is 6.45. The highest BCUT2D eigenvalue weighted by Crippen LogP contribution is 2.27. The molecule has 0 bridgehead atoms. The lowest BCUT2D eigenvalue weighted by Gasteiger charge is -2.09. The summed E-state index contributed by atoms with van der Waals surface area (Å²) < 4.78 is 5.66. The summed E-state index contributed by atoms with van der Waals surface area (Å²) in [7, 11) is 0. The van der Waals surface area contributed by atoms with E-state index in [0.29, 0.717) is 16.5 Å². The zero-order valence-electron chi connectivity index (χ0n) is 15.2. The summed E-state index contributed by atoms with van der Waals surface area (Å²) >= 11 is 10.9. The van der Waals surface area contributed by atoms with Gasteiger partial charge in [0, 0.05) is 28.8 Å². The summed E-state index contributed by atoms with van der Waals surface area (Å²) in [6.45, 7) is 0. The van der Waals surface area contributed by atoms with Gasteiger partial charge in [0.15, 0.2) is 5.11 Å². The summed E-state index contributed by atoms with van der Waals surface area (Å²) in [6.07, 6.45) is 2.67. The first-order chi connectivity index (χ1) is 14.3. The van der Waals surface area contributed by atoms with Gasteiger partial charge in [0.1, 0.15) is 17.3 Å². The minimum Gasteiger partial charge on any atom is -0.506 e. The van der Waals surface area contributed by atoms with Crippen molar-refractivity contribution in [3.8, 4) is 17.1 Å². The number of nitrogens with one attached hydrogen (secondary N) is 2. The van der Waals surface area contributed by atoms with Crippen molar-refractivity contribution in [1.82, 2.24) is 5.32 Å². The number of halogens is 1. The second kappa shape index (κ2) is 9.21. The zero-order valence-corrected chi connectivity index (χ0v) is 16.7. The lowest BCUT2D eigenvalue weighted by Crippen LogP contribution is -2.32. The first-order valence-corrected chi connectivity index (χ1v) is 9.23. The van der Waals surface area contributed by atoms with Crippen molar-refractivity contribution in [3.63, 3.8) is 0 Å². The fourth-order valence-electron chi connectivity index (χ4n) is 2.41. The number of carbonyl (C=O) groups is 1. The number of rotatable bonds is 5. The predicted octanol–water partition coefficient (Wildman–Crippen LogP) is 4.74. The fraction of sp³-hybridized carbons (Fsp3) is 0. The van der Waals surface area contributed by atoms with Crippen LogP contribution in [0.2, 0.25) is 5.02 Å². The summed E-state index contributed by atoms with van der Waals surface area (Å²) in [6, 6.07) is 14.0. The van der Waals surface area contributed by atoms with Crippen LogP contribution >= 0.6 is 23.8 Å². The SMILES string of the molecule is O=C(C=Cc1ccc(-c2ccc(Cl)cc2)o1)NC(=S)Nc1cc([N+](=O)[O-])ccc1O. The largest absolute Gasteiger partial charge is 0.506 e. The maximum Gasteiger partial charge on any atom is 0.271 e. The molecule has 0 spiro atoms. The standard InChI is InChI=1S/C20H14ClN3O5S/c21-13-3-1-12(2-4-13)18-9-6-15(29-18)7-10-19(26)23-20(30)22-16-11-14(24(27)28)5-8-17(16)25/h1-11,25H,(H2,22,23,26,30). The van der Waals surface area contributed by atoms with Crippen molar-refractivity contribution in [2.24, 2.45) is 0 Å². The molecule has 1 heterocycles. The smallest absolute Gasteiger partial charge is 0.271 e. The van der Waals surface area contributed by atoms with Gasteiger partial charge < -0.3 is 14.8 Å². The van der Waals surface area contributed by atoms with Crippen LogP contribution in [0.5, 0.6) is 5.75 Å². The van der Waals surface area contributed by atoms with Crippen molar-refractivity contribution in [2.45, 2.75) is 0 Å². The number of nitro benzene ring substituents is 1. The van der Waals surface area contributed by atoms with E-state index in [1.807, 2.05) is 12.1 Å². The molecule has 0 unspecified atom stereocenters. The summed E-state index contributed by atoms with van der Waals surface area (Å²) in [5.41, 5.74) is 0.599. The average molecular weight is 444 g/mol. The van der Waals surface area contributed by atoms with Crippen LogP contribution in [-0.2, 0) is 4.79 Å². The number of carbonyl (C=O) groups excluding carboxylic acids is 1. The van der Waals surface area contributed by atoms with Gasteiger partial charge in [-0.1, -0.05) is 11.6 Å². The first-order valence-electron chi connectivity index (χ1n) is 8.45. The van der Waals surface area contributed by atoms with Gasteiger partial charge >= 0.3 is 0 Å². The number of anilines is 1. The number of phenols is 1. The third kappa shape index (κ3) is 5.43. The highest BCUT2D eigenvalue weighted by atomic mass is 35.5. The number of benzene rings is 2. The van der Waals surface area contributed by atoms with E-state index in [9.17, 15) is 20.0 Å². The maximum absolute atomic E-state index is 12.0. The monoisotopic (exact) mass is 443 g/mol. The molecule has 3 N–H and O–H groups in total. The molecule has 8 nitrogen and oxygen atoms in total. The minimum atomic E-state index is -0.614. The van der Waals surface area contributed by atoms with Crippen molar-refractivity contribution < 1.29 is 19.2 Å². The Bertz CT molecular complexity index is 1140. The Hall–Kier alpha value is -3.69. The van der Waals surface area contributed by atoms with Gasteiger partial charge in [0.25, 0.3) is 5.69 Å². The second-order valence-corrected chi connectivity index (χ2v) is 6.79. The Morgan fingerprint density at radius 3 is 2.60 bits per heavy atom.